The van der Waals surface area contributed by atoms with Crippen molar-refractivity contribution in [3.05, 3.63) is 439 Å². The lowest BCUT2D eigenvalue weighted by atomic mass is 10.1. The van der Waals surface area contributed by atoms with E-state index in [1.54, 1.807) is 212 Å². The normalized spacial score (nSPS) is 11.3. The van der Waals surface area contributed by atoms with Crippen molar-refractivity contribution >= 4 is 139 Å². The summed E-state index contributed by atoms with van der Waals surface area (Å²) in [4.78, 5) is 1.76. The number of hydrogen-bond acceptors (Lipinski definition) is 20. The topological polar surface area (TPSA) is 462 Å². The number of sulfonamides is 10. The fourth-order valence-corrected chi connectivity index (χ4v) is 20.8. The van der Waals surface area contributed by atoms with Crippen LogP contribution in [0.5, 0.6) is 0 Å². The van der Waals surface area contributed by atoms with Crippen LogP contribution in [0.3, 0.4) is 0 Å². The molecule has 15 rings (SSSR count). The summed E-state index contributed by atoms with van der Waals surface area (Å²) < 4.78 is 252. The molecule has 0 radical (unpaired) electrons. The molecule has 40 heteroatoms. The van der Waals surface area contributed by atoms with Crippen molar-refractivity contribution < 1.29 is 84.2 Å². The zero-order chi connectivity index (χ0) is 106. The van der Waals surface area contributed by atoms with E-state index in [9.17, 15) is 84.2 Å². The summed E-state index contributed by atoms with van der Waals surface area (Å²) in [6.45, 7) is 11.7. The first-order valence-electron chi connectivity index (χ1n) is 43.2. The van der Waals surface area contributed by atoms with E-state index in [-0.39, 0.29) is 20.4 Å². The van der Waals surface area contributed by atoms with Gasteiger partial charge in [-0.15, -0.1) is 0 Å². The Bertz CT molecular complexity index is 7700. The standard InChI is InChI=1S/C18H15NO2S.C16H13NO2S.C15H17NO2S.C14H15NO2S.C12H11NO2S.C10H15NO2S.2C7H9NO2S.2C2H7NO2S/c20-22(21,19-17-9-5-2-6-10-17)18-13-11-16(12-14-18)15-7-3-1-4-8-15;18-20(19,17-14-9-2-1-3-10-14)16-12-6-8-13-7-4-5-11-15(13)16;1-11-9-12(2)15(13(3)10-11)16-19(17,18)14-7-5-4-6-8-14;16-18(17,12-14-9-5-2-6-10-14)15-11-13-7-3-1-4-8-13;14-16(15,12-9-5-2-6-10-12)13-11-7-3-1-4-8-11;1-7-5-8(2)10(9(3)6-7)14(12,13)11-4;1-11(9,10)8-7-5-3-2-4-6-7;1-8-11(9,10)7-5-3-2-4-6-7;2*1-3-6(2,4)5/h1-14,19H;1-12,17H;4-10,16H,1-3H3;1-10,15H,11-12H2;1-10,13H;5-6,11H,1-4H3;2*2-6,8H,1H3;2*3H,1-2H3. The van der Waals surface area contributed by atoms with Crippen LogP contribution < -0.4 is 47.2 Å². The van der Waals surface area contributed by atoms with Gasteiger partial charge in [0.15, 0.2) is 0 Å². The molecule has 0 saturated carbocycles. The van der Waals surface area contributed by atoms with Crippen LogP contribution in [-0.4, -0.2) is 131 Å². The molecule has 760 valence electrons. The predicted octanol–water partition coefficient (Wildman–Crippen LogP) is 17.5. The Morgan fingerprint density at radius 3 is 0.867 bits per heavy atom. The highest BCUT2D eigenvalue weighted by molar-refractivity contribution is 7.94. The molecule has 0 aromatic heterocycles. The van der Waals surface area contributed by atoms with E-state index in [1.807, 2.05) is 224 Å². The minimum absolute atomic E-state index is 0.0146. The Balaban J connectivity index is 0.000000248. The molecule has 0 unspecified atom stereocenters. The highest BCUT2D eigenvalue weighted by Gasteiger charge is 2.22. The van der Waals surface area contributed by atoms with E-state index < -0.39 is 100 Å². The van der Waals surface area contributed by atoms with Crippen LogP contribution in [0, 0.1) is 41.5 Å². The molecule has 0 aliphatic rings. The molecule has 30 nitrogen and oxygen atoms in total. The number of anilines is 5. The highest BCUT2D eigenvalue weighted by atomic mass is 32.2. The first-order valence-corrected chi connectivity index (χ1v) is 59.5. The van der Waals surface area contributed by atoms with Crippen LogP contribution in [0.2, 0.25) is 0 Å². The van der Waals surface area contributed by atoms with Crippen LogP contribution in [0.25, 0.3) is 21.9 Å². The smallest absolute Gasteiger partial charge is 0.262 e. The van der Waals surface area contributed by atoms with Crippen molar-refractivity contribution in [3.63, 3.8) is 0 Å². The lowest BCUT2D eigenvalue weighted by molar-refractivity contribution is 0.579. The molecule has 0 amide bonds. The van der Waals surface area contributed by atoms with E-state index in [4.69, 9.17) is 0 Å². The number of hydrogen-bond donors (Lipinski definition) is 10. The molecular weight excluding hydrogens is 2020 g/mol. The van der Waals surface area contributed by atoms with Crippen LogP contribution in [-0.2, 0) is 113 Å². The Labute approximate surface area is 843 Å². The average Bonchev–Trinajstić information content (AvgIpc) is 0.787. The van der Waals surface area contributed by atoms with Gasteiger partial charge in [-0.25, -0.2) is 108 Å². The summed E-state index contributed by atoms with van der Waals surface area (Å²) in [6, 6.07) is 116. The lowest BCUT2D eigenvalue weighted by Gasteiger charge is -2.14. The lowest BCUT2D eigenvalue weighted by Crippen LogP contribution is -2.24. The van der Waals surface area contributed by atoms with Crippen LogP contribution >= 0.6 is 0 Å². The van der Waals surface area contributed by atoms with Gasteiger partial charge in [0.05, 0.1) is 59.6 Å². The van der Waals surface area contributed by atoms with Crippen molar-refractivity contribution in [1.29, 1.82) is 0 Å². The van der Waals surface area contributed by atoms with Gasteiger partial charge in [-0.3, -0.25) is 23.6 Å². The molecule has 0 saturated heterocycles. The Morgan fingerprint density at radius 2 is 0.510 bits per heavy atom. The Hall–Kier alpha value is -13.1. The molecule has 0 spiro atoms. The van der Waals surface area contributed by atoms with Gasteiger partial charge < -0.3 is 0 Å². The maximum absolute atomic E-state index is 12.5. The molecule has 0 bridgehead atoms. The average molecular weight is 2140 g/mol. The van der Waals surface area contributed by atoms with Crippen molar-refractivity contribution in [2.45, 2.75) is 83.2 Å². The van der Waals surface area contributed by atoms with Crippen LogP contribution in [0.4, 0.5) is 28.4 Å². The zero-order valence-electron chi connectivity index (χ0n) is 80.7. The molecule has 0 aliphatic heterocycles. The summed E-state index contributed by atoms with van der Waals surface area (Å²) in [5.74, 6) is 0.0146. The van der Waals surface area contributed by atoms with E-state index in [1.165, 1.54) is 28.2 Å². The number of para-hydroxylation sites is 4. The largest absolute Gasteiger partial charge is 0.284 e. The third kappa shape index (κ3) is 43.7. The second-order valence-corrected chi connectivity index (χ2v) is 48.9. The first-order chi connectivity index (χ1) is 67.3. The monoisotopic (exact) mass is 2130 g/mol. The molecule has 143 heavy (non-hydrogen) atoms. The van der Waals surface area contributed by atoms with E-state index in [2.05, 4.69) is 47.2 Å². The maximum Gasteiger partial charge on any atom is 0.262 e. The molecule has 0 aliphatic carbocycles. The number of benzene rings is 15. The second-order valence-electron chi connectivity index (χ2n) is 31.0. The second kappa shape index (κ2) is 56.6. The first kappa shape index (κ1) is 119. The number of fused-ring (bicyclic) bond motifs is 1. The fourth-order valence-electron chi connectivity index (χ4n) is 12.5. The number of aryl methyl sites for hydroxylation is 6. The van der Waals surface area contributed by atoms with Crippen molar-refractivity contribution in [2.24, 2.45) is 0 Å². The molecule has 0 atom stereocenters. The summed E-state index contributed by atoms with van der Waals surface area (Å²) >= 11 is 0. The fraction of sp³-hybridized carbons (Fsp3) is 0.146. The number of nitrogens with one attached hydrogen (secondary N) is 10. The minimum Gasteiger partial charge on any atom is -0.284 e. The zero-order valence-corrected chi connectivity index (χ0v) is 88.9. The van der Waals surface area contributed by atoms with Gasteiger partial charge in [-0.2, -0.15) is 0 Å². The Kier molecular flexibility index (Phi) is 47.0. The van der Waals surface area contributed by atoms with Crippen LogP contribution in [0.15, 0.2) is 424 Å². The summed E-state index contributed by atoms with van der Waals surface area (Å²) in [7, 11) is -27.4. The third-order valence-corrected chi connectivity index (χ3v) is 31.4. The molecule has 0 heterocycles. The molecular formula is C103H118N10O20S10. The van der Waals surface area contributed by atoms with Gasteiger partial charge in [0.2, 0.25) is 60.1 Å². The SMILES string of the molecule is CNS(=O)(=O)c1c(C)cc(C)cc1C.CNS(=O)(=O)c1ccccc1.CNS(C)(=O)=O.CNS(C)(=O)=O.CS(=O)(=O)Nc1ccccc1.Cc1cc(C)c(NS(=O)(=O)c2ccccc2)c(C)c1.O=S(=O)(Cc1ccccc1)NCc1ccccc1.O=S(=O)(Nc1ccccc1)c1ccc(-c2ccccc2)cc1.O=S(=O)(Nc1ccccc1)c1cccc2ccccc12.O=S(=O)(Nc1ccccc1)c1ccccc1. The van der Waals surface area contributed by atoms with E-state index in [0.717, 1.165) is 85.2 Å². The Morgan fingerprint density at radius 1 is 0.231 bits per heavy atom. The maximum atomic E-state index is 12.5. The molecule has 15 aromatic carbocycles. The van der Waals surface area contributed by atoms with Crippen molar-refractivity contribution in [1.82, 2.24) is 23.6 Å². The van der Waals surface area contributed by atoms with E-state index >= 15 is 0 Å². The van der Waals surface area contributed by atoms with Gasteiger partial charge in [-0.1, -0.05) is 302 Å². The van der Waals surface area contributed by atoms with Gasteiger partial charge in [0.1, 0.15) is 0 Å². The van der Waals surface area contributed by atoms with Gasteiger partial charge in [-0.05, 0) is 223 Å². The minimum atomic E-state index is -3.59. The van der Waals surface area contributed by atoms with Crippen molar-refractivity contribution in [3.8, 4) is 11.1 Å². The summed E-state index contributed by atoms with van der Waals surface area (Å²) in [5.41, 5.74) is 12.3. The van der Waals surface area contributed by atoms with Crippen molar-refractivity contribution in [2.75, 3.05) is 70.6 Å². The van der Waals surface area contributed by atoms with Crippen LogP contribution in [0.1, 0.15) is 44.5 Å². The molecule has 15 aromatic rings. The quantitative estimate of drug-likeness (QED) is 0.0241. The van der Waals surface area contributed by atoms with Gasteiger partial charge in [0, 0.05) is 34.7 Å². The molecule has 10 N–H and O–H groups in total. The molecule has 0 fully saturated rings. The third-order valence-electron chi connectivity index (χ3n) is 19.2. The van der Waals surface area contributed by atoms with Gasteiger partial charge >= 0.3 is 0 Å². The predicted molar refractivity (Wildman–Crippen MR) is 577 cm³/mol. The van der Waals surface area contributed by atoms with Gasteiger partial charge in [0.25, 0.3) is 40.1 Å². The highest BCUT2D eigenvalue weighted by Crippen LogP contribution is 2.29. The summed E-state index contributed by atoms with van der Waals surface area (Å²) in [5, 5.41) is 1.63. The van der Waals surface area contributed by atoms with E-state index in [0.29, 0.717) is 49.7 Å². The summed E-state index contributed by atoms with van der Waals surface area (Å²) in [6.07, 6.45) is 3.33. The number of rotatable bonds is 26.